The molecule has 0 aliphatic carbocycles. The molecule has 0 bridgehead atoms. The van der Waals surface area contributed by atoms with Crippen LogP contribution in [0.25, 0.3) is 0 Å². The molecule has 16 heavy (non-hydrogen) atoms. The van der Waals surface area contributed by atoms with Crippen molar-refractivity contribution in [2.45, 2.75) is 20.3 Å². The monoisotopic (exact) mass is 242 g/mol. The van der Waals surface area contributed by atoms with Gasteiger partial charge in [0.1, 0.15) is 0 Å². The second kappa shape index (κ2) is 5.70. The van der Waals surface area contributed by atoms with Crippen LogP contribution in [0.5, 0.6) is 0 Å². The van der Waals surface area contributed by atoms with Crippen LogP contribution in [0.4, 0.5) is 11.4 Å². The van der Waals surface area contributed by atoms with Crippen LogP contribution in [0.2, 0.25) is 5.02 Å². The van der Waals surface area contributed by atoms with Crippen molar-refractivity contribution in [2.75, 3.05) is 11.9 Å². The van der Waals surface area contributed by atoms with E-state index in [1.54, 1.807) is 0 Å². The Morgan fingerprint density at radius 3 is 2.75 bits per heavy atom. The van der Waals surface area contributed by atoms with Crippen LogP contribution in [0.1, 0.15) is 20.3 Å². The second-order valence-corrected chi connectivity index (χ2v) is 4.44. The van der Waals surface area contributed by atoms with Gasteiger partial charge in [-0.3, -0.25) is 10.1 Å². The van der Waals surface area contributed by atoms with Crippen molar-refractivity contribution < 1.29 is 4.92 Å². The molecule has 0 saturated heterocycles. The highest BCUT2D eigenvalue weighted by molar-refractivity contribution is 6.33. The molecular formula is C11H15ClN2O2. The molecule has 1 N–H and O–H groups in total. The number of rotatable bonds is 5. The number of nitro groups is 1. The van der Waals surface area contributed by atoms with Crippen LogP contribution in [0.15, 0.2) is 18.2 Å². The third-order valence-corrected chi connectivity index (χ3v) is 2.53. The minimum absolute atomic E-state index is 0.0523. The number of hydrogen-bond donors (Lipinski definition) is 1. The van der Waals surface area contributed by atoms with Gasteiger partial charge in [0.25, 0.3) is 5.69 Å². The van der Waals surface area contributed by atoms with E-state index in [-0.39, 0.29) is 5.69 Å². The molecule has 0 radical (unpaired) electrons. The van der Waals surface area contributed by atoms with Crippen LogP contribution < -0.4 is 5.32 Å². The maximum atomic E-state index is 10.6. The van der Waals surface area contributed by atoms with Gasteiger partial charge in [-0.15, -0.1) is 0 Å². The van der Waals surface area contributed by atoms with Crippen LogP contribution in [0.3, 0.4) is 0 Å². The van der Waals surface area contributed by atoms with Gasteiger partial charge >= 0.3 is 0 Å². The SMILES string of the molecule is CC(C)CCNc1cc([N+](=O)[O-])ccc1Cl. The summed E-state index contributed by atoms with van der Waals surface area (Å²) in [5.74, 6) is 0.588. The third kappa shape index (κ3) is 3.70. The van der Waals surface area contributed by atoms with Gasteiger partial charge in [-0.05, 0) is 18.4 Å². The van der Waals surface area contributed by atoms with E-state index in [0.29, 0.717) is 16.6 Å². The molecule has 0 fully saturated rings. The van der Waals surface area contributed by atoms with E-state index in [4.69, 9.17) is 11.6 Å². The first-order valence-corrected chi connectivity index (χ1v) is 5.56. The van der Waals surface area contributed by atoms with E-state index in [1.165, 1.54) is 18.2 Å². The number of benzene rings is 1. The molecule has 0 amide bonds. The molecule has 0 aliphatic heterocycles. The zero-order valence-electron chi connectivity index (χ0n) is 9.37. The summed E-state index contributed by atoms with van der Waals surface area (Å²) in [4.78, 5) is 10.2. The molecule has 1 rings (SSSR count). The first-order valence-electron chi connectivity index (χ1n) is 5.18. The molecular weight excluding hydrogens is 228 g/mol. The van der Waals surface area contributed by atoms with Gasteiger partial charge in [-0.25, -0.2) is 0 Å². The third-order valence-electron chi connectivity index (χ3n) is 2.20. The summed E-state index contributed by atoms with van der Waals surface area (Å²) in [6, 6.07) is 4.40. The molecule has 0 spiro atoms. The Morgan fingerprint density at radius 2 is 2.19 bits per heavy atom. The highest BCUT2D eigenvalue weighted by Crippen LogP contribution is 2.26. The van der Waals surface area contributed by atoms with Crippen molar-refractivity contribution in [3.05, 3.63) is 33.3 Å². The molecule has 0 saturated carbocycles. The van der Waals surface area contributed by atoms with Crippen LogP contribution in [-0.2, 0) is 0 Å². The van der Waals surface area contributed by atoms with E-state index in [0.717, 1.165) is 13.0 Å². The zero-order valence-corrected chi connectivity index (χ0v) is 10.1. The summed E-state index contributed by atoms with van der Waals surface area (Å²) in [6.07, 6.45) is 0.999. The van der Waals surface area contributed by atoms with Gasteiger partial charge in [-0.2, -0.15) is 0 Å². The molecule has 0 heterocycles. The van der Waals surface area contributed by atoms with E-state index < -0.39 is 4.92 Å². The summed E-state index contributed by atoms with van der Waals surface area (Å²) in [5, 5.41) is 14.2. The number of halogens is 1. The summed E-state index contributed by atoms with van der Waals surface area (Å²) in [7, 11) is 0. The summed E-state index contributed by atoms with van der Waals surface area (Å²) in [6.45, 7) is 5.01. The van der Waals surface area contributed by atoms with Crippen molar-refractivity contribution in [3.8, 4) is 0 Å². The lowest BCUT2D eigenvalue weighted by molar-refractivity contribution is -0.384. The summed E-state index contributed by atoms with van der Waals surface area (Å²) in [5.41, 5.74) is 0.674. The fraction of sp³-hybridized carbons (Fsp3) is 0.455. The van der Waals surface area contributed by atoms with Gasteiger partial charge < -0.3 is 5.32 Å². The van der Waals surface area contributed by atoms with Crippen molar-refractivity contribution in [1.29, 1.82) is 0 Å². The second-order valence-electron chi connectivity index (χ2n) is 4.03. The highest BCUT2D eigenvalue weighted by Gasteiger charge is 2.09. The van der Waals surface area contributed by atoms with Crippen LogP contribution in [-0.4, -0.2) is 11.5 Å². The average Bonchev–Trinajstić information content (AvgIpc) is 2.20. The molecule has 1 aromatic rings. The van der Waals surface area contributed by atoms with Gasteiger partial charge in [0, 0.05) is 18.7 Å². The Hall–Kier alpha value is -1.29. The predicted octanol–water partition coefficient (Wildman–Crippen LogP) is 3.71. The van der Waals surface area contributed by atoms with Crippen molar-refractivity contribution >= 4 is 23.0 Å². The number of non-ortho nitro benzene ring substituents is 1. The predicted molar refractivity (Wildman–Crippen MR) is 66.1 cm³/mol. The first-order chi connectivity index (χ1) is 7.50. The molecule has 0 aromatic heterocycles. The first kappa shape index (κ1) is 12.8. The topological polar surface area (TPSA) is 55.2 Å². The maximum absolute atomic E-state index is 10.6. The lowest BCUT2D eigenvalue weighted by Crippen LogP contribution is -2.05. The molecule has 0 aliphatic rings. The van der Waals surface area contributed by atoms with Crippen molar-refractivity contribution in [3.63, 3.8) is 0 Å². The van der Waals surface area contributed by atoms with E-state index in [9.17, 15) is 10.1 Å². The lowest BCUT2D eigenvalue weighted by Gasteiger charge is -2.09. The Balaban J connectivity index is 2.70. The van der Waals surface area contributed by atoms with Crippen molar-refractivity contribution in [2.24, 2.45) is 5.92 Å². The van der Waals surface area contributed by atoms with E-state index >= 15 is 0 Å². The standard InChI is InChI=1S/C11H15ClN2O2/c1-8(2)5-6-13-11-7-9(14(15)16)3-4-10(11)12/h3-4,7-8,13H,5-6H2,1-2H3. The molecule has 1 aromatic carbocycles. The van der Waals surface area contributed by atoms with E-state index in [2.05, 4.69) is 19.2 Å². The molecule has 88 valence electrons. The van der Waals surface area contributed by atoms with Gasteiger partial charge in [0.2, 0.25) is 0 Å². The maximum Gasteiger partial charge on any atom is 0.271 e. The Morgan fingerprint density at radius 1 is 1.50 bits per heavy atom. The summed E-state index contributed by atoms with van der Waals surface area (Å²) < 4.78 is 0. The smallest absolute Gasteiger partial charge is 0.271 e. The van der Waals surface area contributed by atoms with Crippen molar-refractivity contribution in [1.82, 2.24) is 0 Å². The Kier molecular flexibility index (Phi) is 4.55. The number of anilines is 1. The fourth-order valence-electron chi connectivity index (χ4n) is 1.26. The van der Waals surface area contributed by atoms with Gasteiger partial charge in [0.15, 0.2) is 0 Å². The summed E-state index contributed by atoms with van der Waals surface area (Å²) >= 11 is 5.93. The average molecular weight is 243 g/mol. The molecule has 5 heteroatoms. The van der Waals surface area contributed by atoms with Crippen LogP contribution in [0, 0.1) is 16.0 Å². The molecule has 0 unspecified atom stereocenters. The minimum Gasteiger partial charge on any atom is -0.384 e. The zero-order chi connectivity index (χ0) is 12.1. The molecule has 4 nitrogen and oxygen atoms in total. The highest BCUT2D eigenvalue weighted by atomic mass is 35.5. The van der Waals surface area contributed by atoms with E-state index in [1.807, 2.05) is 0 Å². The lowest BCUT2D eigenvalue weighted by atomic mass is 10.1. The van der Waals surface area contributed by atoms with Crippen LogP contribution >= 0.6 is 11.6 Å². The molecule has 0 atom stereocenters. The number of nitrogens with zero attached hydrogens (tertiary/aromatic N) is 1. The van der Waals surface area contributed by atoms with Gasteiger partial charge in [0.05, 0.1) is 15.6 Å². The fourth-order valence-corrected chi connectivity index (χ4v) is 1.44. The minimum atomic E-state index is -0.427. The Bertz CT molecular complexity index is 380. The Labute approximate surface area is 99.8 Å². The number of nitro benzene ring substituents is 1. The largest absolute Gasteiger partial charge is 0.384 e. The quantitative estimate of drug-likeness (QED) is 0.633. The number of nitrogens with one attached hydrogen (secondary N) is 1. The number of hydrogen-bond acceptors (Lipinski definition) is 3. The normalized spacial score (nSPS) is 10.5. The van der Waals surface area contributed by atoms with Gasteiger partial charge in [-0.1, -0.05) is 25.4 Å².